The molecule has 0 spiro atoms. The Balaban J connectivity index is 0.00000274. The number of urea groups is 2. The molecule has 0 aliphatic carbocycles. The summed E-state index contributed by atoms with van der Waals surface area (Å²) in [7, 11) is 9.46. The van der Waals surface area contributed by atoms with Gasteiger partial charge in [0.25, 0.3) is 5.91 Å². The minimum atomic E-state index is -0.479. The van der Waals surface area contributed by atoms with Gasteiger partial charge in [0.2, 0.25) is 0 Å². The lowest BCUT2D eigenvalue weighted by Crippen LogP contribution is -2.23. The lowest BCUT2D eigenvalue weighted by molar-refractivity contribution is 0.0963. The molecule has 0 unspecified atom stereocenters. The van der Waals surface area contributed by atoms with Crippen LogP contribution in [0, 0.1) is 0 Å². The Kier molecular flexibility index (Phi) is 12.6. The second-order valence-electron chi connectivity index (χ2n) is 9.41. The van der Waals surface area contributed by atoms with Gasteiger partial charge in [-0.05, 0) is 81.8 Å². The molecule has 40 heavy (non-hydrogen) atoms. The van der Waals surface area contributed by atoms with Crippen molar-refractivity contribution in [3.05, 3.63) is 83.4 Å². The van der Waals surface area contributed by atoms with Crippen molar-refractivity contribution >= 4 is 40.7 Å². The van der Waals surface area contributed by atoms with Gasteiger partial charge in [-0.1, -0.05) is 38.1 Å². The van der Waals surface area contributed by atoms with Crippen LogP contribution in [0.2, 0.25) is 0 Å². The smallest absolute Gasteiger partial charge is 0.323 e. The third-order valence-electron chi connectivity index (χ3n) is 5.36. The largest absolute Gasteiger partial charge is 0.355 e. The quantitative estimate of drug-likeness (QED) is 0.243. The third-order valence-corrected chi connectivity index (χ3v) is 5.36. The van der Waals surface area contributed by atoms with Crippen LogP contribution in [0.3, 0.4) is 0 Å². The van der Waals surface area contributed by atoms with E-state index < -0.39 is 12.1 Å². The van der Waals surface area contributed by atoms with Gasteiger partial charge in [-0.15, -0.1) is 0 Å². The molecule has 0 saturated carbocycles. The van der Waals surface area contributed by atoms with E-state index >= 15 is 0 Å². The summed E-state index contributed by atoms with van der Waals surface area (Å²) in [5.41, 5.74) is 4.47. The van der Waals surface area contributed by atoms with E-state index in [9.17, 15) is 14.4 Å². The fourth-order valence-electron chi connectivity index (χ4n) is 3.75. The summed E-state index contributed by atoms with van der Waals surface area (Å²) in [4.78, 5) is 41.7. The topological polar surface area (TPSA) is 118 Å². The predicted molar refractivity (Wildman–Crippen MR) is 164 cm³/mol. The second kappa shape index (κ2) is 15.9. The minimum absolute atomic E-state index is 0.279. The van der Waals surface area contributed by atoms with E-state index in [-0.39, 0.29) is 11.5 Å². The highest BCUT2D eigenvalue weighted by Crippen LogP contribution is 2.21. The van der Waals surface area contributed by atoms with Crippen LogP contribution >= 0.6 is 0 Å². The van der Waals surface area contributed by atoms with Crippen LogP contribution in [0.5, 0.6) is 0 Å². The first-order valence-electron chi connectivity index (χ1n) is 13.1. The molecule has 10 nitrogen and oxygen atoms in total. The molecule has 0 saturated heterocycles. The first kappa shape index (κ1) is 31.8. The van der Waals surface area contributed by atoms with Gasteiger partial charge in [0.1, 0.15) is 0 Å². The molecule has 0 aliphatic heterocycles. The number of hydrogen-bond donors (Lipinski definition) is 5. The van der Waals surface area contributed by atoms with E-state index in [1.54, 1.807) is 6.07 Å². The van der Waals surface area contributed by atoms with E-state index in [4.69, 9.17) is 0 Å². The molecule has 0 aliphatic rings. The van der Waals surface area contributed by atoms with Crippen LogP contribution in [-0.2, 0) is 13.1 Å². The maximum absolute atomic E-state index is 12.6. The van der Waals surface area contributed by atoms with Crippen molar-refractivity contribution in [2.75, 3.05) is 56.5 Å². The van der Waals surface area contributed by atoms with Crippen LogP contribution in [0.15, 0.2) is 66.7 Å². The molecule has 3 aromatic rings. The highest BCUT2D eigenvalue weighted by molar-refractivity contribution is 6.04. The summed E-state index contributed by atoms with van der Waals surface area (Å²) < 4.78 is 0. The number of nitrogens with one attached hydrogen (secondary N) is 5. The lowest BCUT2D eigenvalue weighted by Gasteiger charge is -2.14. The standard InChI is InChI=1S/C28H35N7O3.C2H6/c1-29-26(36)21-14-24(32-27(37)30-22-10-6-19(7-11-22)17-34(2)3)16-25(15-21)33-28(38)31-23-12-8-20(9-13-23)18-35(4)5;1-2/h6-16H,17-18H2,1-5H3,(H,29,36)(H2,30,32,37)(H2,31,33,38);1-2H3. The zero-order chi connectivity index (χ0) is 29.7. The number of carbonyl (C=O) groups excluding carboxylic acids is 3. The van der Waals surface area contributed by atoms with Gasteiger partial charge in [0.15, 0.2) is 0 Å². The normalized spacial score (nSPS) is 10.3. The molecule has 0 heterocycles. The van der Waals surface area contributed by atoms with Crippen LogP contribution < -0.4 is 26.6 Å². The van der Waals surface area contributed by atoms with E-state index in [2.05, 4.69) is 36.4 Å². The van der Waals surface area contributed by atoms with E-state index in [1.165, 1.54) is 19.2 Å². The Morgan fingerprint density at radius 1 is 0.575 bits per heavy atom. The highest BCUT2D eigenvalue weighted by atomic mass is 16.2. The molecule has 3 aromatic carbocycles. The van der Waals surface area contributed by atoms with Gasteiger partial charge >= 0.3 is 12.1 Å². The number of amides is 5. The van der Waals surface area contributed by atoms with Gasteiger partial charge in [-0.3, -0.25) is 4.79 Å². The summed E-state index contributed by atoms with van der Waals surface area (Å²) in [6.07, 6.45) is 0. The lowest BCUT2D eigenvalue weighted by atomic mass is 10.1. The molecular formula is C30H41N7O3. The Bertz CT molecular complexity index is 1170. The predicted octanol–water partition coefficient (Wildman–Crippen LogP) is 5.48. The highest BCUT2D eigenvalue weighted by Gasteiger charge is 2.12. The zero-order valence-corrected chi connectivity index (χ0v) is 24.4. The minimum Gasteiger partial charge on any atom is -0.355 e. The number of anilines is 4. The Morgan fingerprint density at radius 3 is 1.25 bits per heavy atom. The van der Waals surface area contributed by atoms with Crippen molar-refractivity contribution < 1.29 is 14.4 Å². The molecule has 3 rings (SSSR count). The van der Waals surface area contributed by atoms with Gasteiger partial charge in [-0.2, -0.15) is 0 Å². The van der Waals surface area contributed by atoms with Crippen molar-refractivity contribution in [2.24, 2.45) is 0 Å². The maximum atomic E-state index is 12.6. The average Bonchev–Trinajstić information content (AvgIpc) is 2.90. The summed E-state index contributed by atoms with van der Waals surface area (Å²) in [6.45, 7) is 5.59. The molecule has 5 N–H and O–H groups in total. The van der Waals surface area contributed by atoms with Gasteiger partial charge in [-0.25, -0.2) is 9.59 Å². The molecule has 0 aromatic heterocycles. The second-order valence-corrected chi connectivity index (χ2v) is 9.41. The van der Waals surface area contributed by atoms with Gasteiger partial charge in [0, 0.05) is 48.5 Å². The van der Waals surface area contributed by atoms with Crippen molar-refractivity contribution in [3.8, 4) is 0 Å². The SMILES string of the molecule is CC.CNC(=O)c1cc(NC(=O)Nc2ccc(CN(C)C)cc2)cc(NC(=O)Nc2ccc(CN(C)C)cc2)c1. The van der Waals surface area contributed by atoms with Crippen LogP contribution in [0.4, 0.5) is 32.3 Å². The van der Waals surface area contributed by atoms with Crippen LogP contribution in [0.25, 0.3) is 0 Å². The van der Waals surface area contributed by atoms with Crippen molar-refractivity contribution in [1.82, 2.24) is 15.1 Å². The monoisotopic (exact) mass is 547 g/mol. The first-order chi connectivity index (χ1) is 19.1. The van der Waals surface area contributed by atoms with Crippen molar-refractivity contribution in [1.29, 1.82) is 0 Å². The summed E-state index contributed by atoms with van der Waals surface area (Å²) >= 11 is 0. The summed E-state index contributed by atoms with van der Waals surface area (Å²) in [5, 5.41) is 13.6. The van der Waals surface area contributed by atoms with E-state index in [1.807, 2.05) is 90.6 Å². The Labute approximate surface area is 237 Å². The zero-order valence-electron chi connectivity index (χ0n) is 24.4. The van der Waals surface area contributed by atoms with Crippen LogP contribution in [0.1, 0.15) is 35.3 Å². The first-order valence-corrected chi connectivity index (χ1v) is 13.1. The number of carbonyl (C=O) groups is 3. The fourth-order valence-corrected chi connectivity index (χ4v) is 3.75. The average molecular weight is 548 g/mol. The molecule has 10 heteroatoms. The molecule has 0 bridgehead atoms. The van der Waals surface area contributed by atoms with E-state index in [0.717, 1.165) is 24.2 Å². The number of hydrogen-bond acceptors (Lipinski definition) is 5. The van der Waals surface area contributed by atoms with Crippen LogP contribution in [-0.4, -0.2) is 63.0 Å². The number of nitrogens with zero attached hydrogens (tertiary/aromatic N) is 2. The molecule has 5 amide bonds. The Hall–Kier alpha value is -4.41. The molecular weight excluding hydrogens is 506 g/mol. The molecule has 214 valence electrons. The number of benzene rings is 3. The van der Waals surface area contributed by atoms with Crippen molar-refractivity contribution in [3.63, 3.8) is 0 Å². The summed E-state index contributed by atoms with van der Waals surface area (Å²) in [6, 6.07) is 18.7. The van der Waals surface area contributed by atoms with E-state index in [0.29, 0.717) is 22.7 Å². The Morgan fingerprint density at radius 2 is 0.925 bits per heavy atom. The van der Waals surface area contributed by atoms with Crippen molar-refractivity contribution in [2.45, 2.75) is 26.9 Å². The summed E-state index contributed by atoms with van der Waals surface area (Å²) in [5.74, 6) is -0.356. The van der Waals surface area contributed by atoms with Gasteiger partial charge in [0.05, 0.1) is 0 Å². The van der Waals surface area contributed by atoms with Gasteiger partial charge < -0.3 is 36.4 Å². The number of rotatable bonds is 9. The third kappa shape index (κ3) is 10.8. The molecule has 0 radical (unpaired) electrons. The molecule has 0 fully saturated rings. The maximum Gasteiger partial charge on any atom is 0.323 e. The fraction of sp³-hybridized carbons (Fsp3) is 0.300. The molecule has 0 atom stereocenters.